The van der Waals surface area contributed by atoms with Gasteiger partial charge in [-0.3, -0.25) is 0 Å². The first-order valence-corrected chi connectivity index (χ1v) is 7.77. The van der Waals surface area contributed by atoms with Crippen LogP contribution in [0, 0.1) is 5.92 Å². The molecular formula is C15H22BrNO2. The van der Waals surface area contributed by atoms with E-state index in [1.807, 2.05) is 24.3 Å². The Morgan fingerprint density at radius 1 is 1.37 bits per heavy atom. The van der Waals surface area contributed by atoms with Crippen LogP contribution in [0.25, 0.3) is 0 Å². The lowest BCUT2D eigenvalue weighted by atomic mass is 9.87. The summed E-state index contributed by atoms with van der Waals surface area (Å²) in [6.07, 6.45) is 3.51. The van der Waals surface area contributed by atoms with Gasteiger partial charge in [-0.05, 0) is 49.4 Å². The first-order valence-electron chi connectivity index (χ1n) is 6.97. The highest BCUT2D eigenvalue weighted by molar-refractivity contribution is 9.10. The minimum atomic E-state index is -0.481. The van der Waals surface area contributed by atoms with Gasteiger partial charge in [-0.25, -0.2) is 0 Å². The molecule has 106 valence electrons. The highest BCUT2D eigenvalue weighted by Crippen LogP contribution is 2.23. The maximum Gasteiger partial charge on any atom is 0.0914 e. The Balaban J connectivity index is 1.73. The second-order valence-corrected chi connectivity index (χ2v) is 6.33. The van der Waals surface area contributed by atoms with Crippen molar-refractivity contribution in [2.24, 2.45) is 5.92 Å². The smallest absolute Gasteiger partial charge is 0.0914 e. The number of nitrogens with one attached hydrogen (secondary N) is 1. The van der Waals surface area contributed by atoms with Crippen molar-refractivity contribution >= 4 is 15.9 Å². The predicted molar refractivity (Wildman–Crippen MR) is 79.9 cm³/mol. The van der Waals surface area contributed by atoms with E-state index in [1.54, 1.807) is 0 Å². The average molecular weight is 328 g/mol. The third kappa shape index (κ3) is 4.88. The highest BCUT2D eigenvalue weighted by atomic mass is 79.9. The minimum absolute atomic E-state index is 0.129. The van der Waals surface area contributed by atoms with Crippen LogP contribution < -0.4 is 5.32 Å². The van der Waals surface area contributed by atoms with E-state index in [9.17, 15) is 10.2 Å². The zero-order valence-electron chi connectivity index (χ0n) is 11.1. The summed E-state index contributed by atoms with van der Waals surface area (Å²) in [5.41, 5.74) is 0.922. The first-order chi connectivity index (χ1) is 9.15. The molecule has 1 aromatic rings. The normalized spacial score (nSPS) is 25.2. The molecule has 1 aromatic carbocycles. The van der Waals surface area contributed by atoms with Gasteiger partial charge >= 0.3 is 0 Å². The van der Waals surface area contributed by atoms with Gasteiger partial charge in [0.05, 0.1) is 12.2 Å². The van der Waals surface area contributed by atoms with Crippen molar-refractivity contribution in [2.75, 3.05) is 13.1 Å². The van der Waals surface area contributed by atoms with E-state index in [1.165, 1.54) is 6.42 Å². The molecule has 2 rings (SSSR count). The summed E-state index contributed by atoms with van der Waals surface area (Å²) in [5, 5.41) is 23.0. The van der Waals surface area contributed by atoms with Gasteiger partial charge in [0.15, 0.2) is 0 Å². The van der Waals surface area contributed by atoms with Gasteiger partial charge in [-0.2, -0.15) is 0 Å². The monoisotopic (exact) mass is 327 g/mol. The SMILES string of the molecule is OC1CCCC(CNCC(O)c2cccc(Br)c2)C1. The molecule has 0 bridgehead atoms. The van der Waals surface area contributed by atoms with Gasteiger partial charge in [-0.1, -0.05) is 34.5 Å². The van der Waals surface area contributed by atoms with Gasteiger partial charge in [0.2, 0.25) is 0 Å². The molecule has 3 nitrogen and oxygen atoms in total. The molecule has 0 spiro atoms. The molecule has 1 fully saturated rings. The molecule has 1 aliphatic rings. The molecule has 19 heavy (non-hydrogen) atoms. The maximum atomic E-state index is 10.1. The maximum absolute atomic E-state index is 10.1. The molecule has 3 unspecified atom stereocenters. The number of aliphatic hydroxyl groups excluding tert-OH is 2. The molecule has 4 heteroatoms. The Bertz CT molecular complexity index is 399. The van der Waals surface area contributed by atoms with E-state index in [0.29, 0.717) is 12.5 Å². The molecule has 0 amide bonds. The van der Waals surface area contributed by atoms with Crippen molar-refractivity contribution in [1.82, 2.24) is 5.32 Å². The van der Waals surface area contributed by atoms with Crippen molar-refractivity contribution in [3.63, 3.8) is 0 Å². The van der Waals surface area contributed by atoms with E-state index in [-0.39, 0.29) is 6.10 Å². The largest absolute Gasteiger partial charge is 0.393 e. The summed E-state index contributed by atoms with van der Waals surface area (Å²) in [4.78, 5) is 0. The molecule has 3 N–H and O–H groups in total. The van der Waals surface area contributed by atoms with E-state index < -0.39 is 6.10 Å². The minimum Gasteiger partial charge on any atom is -0.393 e. The van der Waals surface area contributed by atoms with Crippen molar-refractivity contribution in [3.8, 4) is 0 Å². The lowest BCUT2D eigenvalue weighted by Gasteiger charge is -2.26. The molecular weight excluding hydrogens is 306 g/mol. The van der Waals surface area contributed by atoms with Crippen molar-refractivity contribution in [2.45, 2.75) is 37.9 Å². The molecule has 0 saturated heterocycles. The van der Waals surface area contributed by atoms with E-state index in [2.05, 4.69) is 21.2 Å². The summed E-state index contributed by atoms with van der Waals surface area (Å²) in [6.45, 7) is 1.44. The standard InChI is InChI=1S/C15H22BrNO2/c16-13-5-2-4-12(8-13)15(19)10-17-9-11-3-1-6-14(18)7-11/h2,4-5,8,11,14-15,17-19H,1,3,6-7,9-10H2. The fraction of sp³-hybridized carbons (Fsp3) is 0.600. The van der Waals surface area contributed by atoms with Crippen LogP contribution in [0.1, 0.15) is 37.4 Å². The molecule has 0 radical (unpaired) electrons. The number of aliphatic hydroxyl groups is 2. The Kier molecular flexibility index (Phi) is 5.82. The van der Waals surface area contributed by atoms with E-state index in [4.69, 9.17) is 0 Å². The summed E-state index contributed by atoms with van der Waals surface area (Å²) in [7, 11) is 0. The zero-order valence-corrected chi connectivity index (χ0v) is 12.6. The van der Waals surface area contributed by atoms with Crippen molar-refractivity contribution < 1.29 is 10.2 Å². The van der Waals surface area contributed by atoms with Crippen molar-refractivity contribution in [3.05, 3.63) is 34.3 Å². The fourth-order valence-corrected chi connectivity index (χ4v) is 3.12. The van der Waals surface area contributed by atoms with Gasteiger partial charge in [0.1, 0.15) is 0 Å². The van der Waals surface area contributed by atoms with Crippen LogP contribution in [0.15, 0.2) is 28.7 Å². The summed E-state index contributed by atoms with van der Waals surface area (Å²) >= 11 is 3.41. The van der Waals surface area contributed by atoms with Crippen LogP contribution in [-0.2, 0) is 0 Å². The zero-order chi connectivity index (χ0) is 13.7. The fourth-order valence-electron chi connectivity index (χ4n) is 2.70. The molecule has 3 atom stereocenters. The van der Waals surface area contributed by atoms with E-state index in [0.717, 1.165) is 35.8 Å². The number of halogens is 1. The molecule has 0 aromatic heterocycles. The van der Waals surface area contributed by atoms with Gasteiger partial charge in [0.25, 0.3) is 0 Å². The second-order valence-electron chi connectivity index (χ2n) is 5.42. The van der Waals surface area contributed by atoms with E-state index >= 15 is 0 Å². The third-order valence-corrected chi connectivity index (χ3v) is 4.25. The number of hydrogen-bond donors (Lipinski definition) is 3. The average Bonchev–Trinajstić information content (AvgIpc) is 2.38. The Morgan fingerprint density at radius 2 is 2.21 bits per heavy atom. The lowest BCUT2D eigenvalue weighted by Crippen LogP contribution is -2.31. The summed E-state index contributed by atoms with van der Waals surface area (Å²) in [5.74, 6) is 0.540. The highest BCUT2D eigenvalue weighted by Gasteiger charge is 2.20. The second kappa shape index (κ2) is 7.39. The summed E-state index contributed by atoms with van der Waals surface area (Å²) < 4.78 is 0.986. The molecule has 0 heterocycles. The Labute approximate surface area is 123 Å². The number of benzene rings is 1. The third-order valence-electron chi connectivity index (χ3n) is 3.76. The number of rotatable bonds is 5. The Hall–Kier alpha value is -0.420. The quantitative estimate of drug-likeness (QED) is 0.779. The Morgan fingerprint density at radius 3 is 2.95 bits per heavy atom. The summed E-state index contributed by atoms with van der Waals surface area (Å²) in [6, 6.07) is 7.76. The van der Waals surface area contributed by atoms with Crippen LogP contribution >= 0.6 is 15.9 Å². The van der Waals surface area contributed by atoms with Crippen molar-refractivity contribution in [1.29, 1.82) is 0 Å². The van der Waals surface area contributed by atoms with Gasteiger partial charge in [-0.15, -0.1) is 0 Å². The topological polar surface area (TPSA) is 52.5 Å². The molecule has 1 saturated carbocycles. The van der Waals surface area contributed by atoms with Crippen LogP contribution in [-0.4, -0.2) is 29.4 Å². The number of hydrogen-bond acceptors (Lipinski definition) is 3. The van der Waals surface area contributed by atoms with Crippen LogP contribution in [0.5, 0.6) is 0 Å². The molecule has 1 aliphatic carbocycles. The molecule has 0 aliphatic heterocycles. The van der Waals surface area contributed by atoms with Gasteiger partial charge in [0, 0.05) is 11.0 Å². The van der Waals surface area contributed by atoms with Crippen LogP contribution in [0.4, 0.5) is 0 Å². The van der Waals surface area contributed by atoms with Gasteiger partial charge < -0.3 is 15.5 Å². The predicted octanol–water partition coefficient (Wildman–Crippen LogP) is 2.62. The van der Waals surface area contributed by atoms with Crippen LogP contribution in [0.3, 0.4) is 0 Å². The first kappa shape index (κ1) is 15.0. The van der Waals surface area contributed by atoms with Crippen LogP contribution in [0.2, 0.25) is 0 Å². The lowest BCUT2D eigenvalue weighted by molar-refractivity contribution is 0.0983.